The highest BCUT2D eigenvalue weighted by molar-refractivity contribution is 5.94. The van der Waals surface area contributed by atoms with Gasteiger partial charge in [0, 0.05) is 19.8 Å². The van der Waals surface area contributed by atoms with Crippen LogP contribution < -0.4 is 16.6 Å². The Bertz CT molecular complexity index is 1200. The third-order valence-corrected chi connectivity index (χ3v) is 5.03. The molecule has 2 aromatic rings. The predicted molar refractivity (Wildman–Crippen MR) is 110 cm³/mol. The molecule has 0 saturated carbocycles. The maximum Gasteiger partial charge on any atom is 0.337 e. The highest BCUT2D eigenvalue weighted by Gasteiger charge is 2.37. The molecular weight excluding hydrogens is 390 g/mol. The highest BCUT2D eigenvalue weighted by Crippen LogP contribution is 2.39. The molecule has 9 heteroatoms. The first-order chi connectivity index (χ1) is 14.2. The molecule has 0 unspecified atom stereocenters. The van der Waals surface area contributed by atoms with Gasteiger partial charge in [0.05, 0.1) is 22.6 Å². The van der Waals surface area contributed by atoms with Crippen molar-refractivity contribution in [2.24, 2.45) is 14.1 Å². The van der Waals surface area contributed by atoms with Crippen LogP contribution in [0.1, 0.15) is 34.3 Å². The molecule has 0 spiro atoms. The van der Waals surface area contributed by atoms with Crippen molar-refractivity contribution in [1.29, 1.82) is 0 Å². The topological polar surface area (TPSA) is 120 Å². The minimum atomic E-state index is -1.09. The van der Waals surface area contributed by atoms with Crippen LogP contribution in [-0.2, 0) is 23.6 Å². The number of nitrogens with one attached hydrogen (secondary N) is 1. The fourth-order valence-corrected chi connectivity index (χ4v) is 3.52. The first kappa shape index (κ1) is 20.8. The van der Waals surface area contributed by atoms with Gasteiger partial charge in [0.25, 0.3) is 5.56 Å². The number of carboxylic acid groups (broad SMARTS) is 1. The monoisotopic (exact) mass is 411 g/mol. The molecule has 0 radical (unpaired) electrons. The van der Waals surface area contributed by atoms with E-state index in [1.165, 1.54) is 36.9 Å². The van der Waals surface area contributed by atoms with E-state index in [1.54, 1.807) is 19.1 Å². The van der Waals surface area contributed by atoms with Gasteiger partial charge in [-0.1, -0.05) is 24.8 Å². The summed E-state index contributed by atoms with van der Waals surface area (Å²) in [6.45, 7) is 5.16. The van der Waals surface area contributed by atoms with E-state index in [1.807, 2.05) is 0 Å². The van der Waals surface area contributed by atoms with Crippen LogP contribution in [-0.4, -0.2) is 32.8 Å². The first-order valence-corrected chi connectivity index (χ1v) is 9.08. The zero-order valence-corrected chi connectivity index (χ0v) is 16.8. The number of nitrogens with zero attached hydrogens (tertiary/aromatic N) is 2. The Labute approximate surface area is 171 Å². The lowest BCUT2D eigenvalue weighted by Crippen LogP contribution is -2.43. The van der Waals surface area contributed by atoms with Crippen LogP contribution in [0.4, 0.5) is 5.82 Å². The smallest absolute Gasteiger partial charge is 0.337 e. The summed E-state index contributed by atoms with van der Waals surface area (Å²) in [7, 11) is 2.88. The number of ether oxygens (including phenoxy) is 1. The van der Waals surface area contributed by atoms with E-state index in [0.717, 1.165) is 4.57 Å². The summed E-state index contributed by atoms with van der Waals surface area (Å²) >= 11 is 0. The second-order valence-electron chi connectivity index (χ2n) is 6.88. The Balaban J connectivity index is 2.31. The van der Waals surface area contributed by atoms with Gasteiger partial charge >= 0.3 is 17.6 Å². The van der Waals surface area contributed by atoms with E-state index in [9.17, 15) is 24.3 Å². The molecule has 0 amide bonds. The van der Waals surface area contributed by atoms with Crippen LogP contribution in [0.5, 0.6) is 0 Å². The number of fused-ring (bicyclic) bond motifs is 1. The Kier molecular flexibility index (Phi) is 5.46. The Morgan fingerprint density at radius 3 is 2.40 bits per heavy atom. The molecule has 1 aromatic carbocycles. The van der Waals surface area contributed by atoms with E-state index < -0.39 is 29.1 Å². The van der Waals surface area contributed by atoms with E-state index >= 15 is 0 Å². The molecule has 156 valence electrons. The molecule has 0 aliphatic carbocycles. The number of anilines is 1. The van der Waals surface area contributed by atoms with Crippen LogP contribution in [0.3, 0.4) is 0 Å². The van der Waals surface area contributed by atoms with Gasteiger partial charge < -0.3 is 15.2 Å². The maximum atomic E-state index is 13.1. The third kappa shape index (κ3) is 3.34. The Morgan fingerprint density at radius 2 is 1.83 bits per heavy atom. The number of aromatic carboxylic acids is 1. The average molecular weight is 411 g/mol. The molecule has 2 N–H and O–H groups in total. The number of aromatic nitrogens is 2. The summed E-state index contributed by atoms with van der Waals surface area (Å²) in [6.07, 6.45) is 1.43. The van der Waals surface area contributed by atoms with Crippen LogP contribution in [0.25, 0.3) is 0 Å². The normalized spacial score (nSPS) is 15.2. The average Bonchev–Trinajstić information content (AvgIpc) is 2.73. The number of esters is 1. The molecule has 1 aliphatic rings. The number of carbonyl (C=O) groups is 2. The van der Waals surface area contributed by atoms with Gasteiger partial charge in [-0.25, -0.2) is 14.4 Å². The first-order valence-electron chi connectivity index (χ1n) is 9.08. The Morgan fingerprint density at radius 1 is 1.20 bits per heavy atom. The second kappa shape index (κ2) is 7.86. The van der Waals surface area contributed by atoms with Crippen LogP contribution in [0.2, 0.25) is 0 Å². The van der Waals surface area contributed by atoms with Gasteiger partial charge in [-0.05, 0) is 24.6 Å². The third-order valence-electron chi connectivity index (χ3n) is 5.03. The summed E-state index contributed by atoms with van der Waals surface area (Å²) in [5.41, 5.74) is 0.321. The summed E-state index contributed by atoms with van der Waals surface area (Å²) < 4.78 is 7.49. The van der Waals surface area contributed by atoms with Crippen molar-refractivity contribution in [3.05, 3.63) is 85.7 Å². The van der Waals surface area contributed by atoms with Gasteiger partial charge in [0.15, 0.2) is 0 Å². The standard InChI is InChI=1S/C21H21N3O6/c1-5-10-30-20(28)14-11(2)22-17-16(18(25)24(4)21(29)23(17)3)15(14)12-6-8-13(9-7-12)19(26)27/h5-9,15,22H,1,10H2,2-4H3,(H,26,27)/t15-/m0/s1. The van der Waals surface area contributed by atoms with E-state index in [0.29, 0.717) is 11.3 Å². The summed E-state index contributed by atoms with van der Waals surface area (Å²) in [6, 6.07) is 5.88. The maximum absolute atomic E-state index is 13.1. The fraction of sp³-hybridized carbons (Fsp3) is 0.238. The summed E-state index contributed by atoms with van der Waals surface area (Å²) in [5.74, 6) is -2.32. The largest absolute Gasteiger partial charge is 0.478 e. The summed E-state index contributed by atoms with van der Waals surface area (Å²) in [5, 5.41) is 12.2. The zero-order valence-electron chi connectivity index (χ0n) is 16.8. The number of hydrogen-bond acceptors (Lipinski definition) is 6. The molecule has 1 aliphatic heterocycles. The molecule has 1 atom stereocenters. The van der Waals surface area contributed by atoms with Gasteiger partial charge in [-0.2, -0.15) is 0 Å². The van der Waals surface area contributed by atoms with Crippen molar-refractivity contribution in [2.45, 2.75) is 12.8 Å². The minimum Gasteiger partial charge on any atom is -0.478 e. The lowest BCUT2D eigenvalue weighted by Gasteiger charge is -2.30. The molecule has 1 aromatic heterocycles. The van der Waals surface area contributed by atoms with Crippen molar-refractivity contribution in [3.8, 4) is 0 Å². The van der Waals surface area contributed by atoms with Crippen LogP contribution in [0.15, 0.2) is 57.8 Å². The molecule has 0 saturated heterocycles. The minimum absolute atomic E-state index is 0.0154. The quantitative estimate of drug-likeness (QED) is 0.563. The molecule has 3 rings (SSSR count). The van der Waals surface area contributed by atoms with Crippen LogP contribution >= 0.6 is 0 Å². The predicted octanol–water partition coefficient (Wildman–Crippen LogP) is 1.34. The SMILES string of the molecule is C=CCOC(=O)C1=C(C)Nc2c(c(=O)n(C)c(=O)n2C)[C@H]1c1ccc(C(=O)O)cc1. The molecule has 0 bridgehead atoms. The number of benzene rings is 1. The van der Waals surface area contributed by atoms with Crippen molar-refractivity contribution in [2.75, 3.05) is 11.9 Å². The zero-order chi connectivity index (χ0) is 22.2. The van der Waals surface area contributed by atoms with Gasteiger partial charge in [0.2, 0.25) is 0 Å². The van der Waals surface area contributed by atoms with Crippen molar-refractivity contribution < 1.29 is 19.4 Å². The fourth-order valence-electron chi connectivity index (χ4n) is 3.52. The lowest BCUT2D eigenvalue weighted by atomic mass is 9.82. The number of carboxylic acids is 1. The van der Waals surface area contributed by atoms with Gasteiger partial charge in [-0.15, -0.1) is 0 Å². The molecule has 2 heterocycles. The van der Waals surface area contributed by atoms with Crippen molar-refractivity contribution >= 4 is 17.8 Å². The molecular formula is C21H21N3O6. The van der Waals surface area contributed by atoms with E-state index in [4.69, 9.17) is 4.74 Å². The lowest BCUT2D eigenvalue weighted by molar-refractivity contribution is -0.138. The summed E-state index contributed by atoms with van der Waals surface area (Å²) in [4.78, 5) is 49.5. The van der Waals surface area contributed by atoms with Gasteiger partial charge in [-0.3, -0.25) is 13.9 Å². The van der Waals surface area contributed by atoms with Crippen molar-refractivity contribution in [1.82, 2.24) is 9.13 Å². The second-order valence-corrected chi connectivity index (χ2v) is 6.88. The molecule has 9 nitrogen and oxygen atoms in total. The number of allylic oxidation sites excluding steroid dienone is 1. The van der Waals surface area contributed by atoms with E-state index in [-0.39, 0.29) is 29.1 Å². The van der Waals surface area contributed by atoms with Gasteiger partial charge in [0.1, 0.15) is 12.4 Å². The van der Waals surface area contributed by atoms with E-state index in [2.05, 4.69) is 11.9 Å². The number of carbonyl (C=O) groups excluding carboxylic acids is 1. The van der Waals surface area contributed by atoms with Crippen molar-refractivity contribution in [3.63, 3.8) is 0 Å². The number of hydrogen-bond donors (Lipinski definition) is 2. The Hall–Kier alpha value is -3.88. The van der Waals surface area contributed by atoms with Crippen LogP contribution in [0, 0.1) is 0 Å². The highest BCUT2D eigenvalue weighted by atomic mass is 16.5. The molecule has 0 fully saturated rings. The number of rotatable bonds is 5. The molecule has 30 heavy (non-hydrogen) atoms.